The molecule has 0 radical (unpaired) electrons. The monoisotopic (exact) mass is 252 g/mol. The van der Waals surface area contributed by atoms with Gasteiger partial charge in [0.1, 0.15) is 0 Å². The first-order valence-corrected chi connectivity index (χ1v) is 6.09. The van der Waals surface area contributed by atoms with Gasteiger partial charge in [-0.3, -0.25) is 4.79 Å². The van der Waals surface area contributed by atoms with Crippen LogP contribution in [0.15, 0.2) is 18.2 Å². The SMILES string of the molecule is NCc1ccc(OCCC(=O)NC2CC2)c(F)c1. The third-order valence-electron chi connectivity index (χ3n) is 2.76. The second kappa shape index (κ2) is 5.82. The number of carbonyl (C=O) groups is 1. The summed E-state index contributed by atoms with van der Waals surface area (Å²) in [5.41, 5.74) is 6.11. The molecular formula is C13H17FN2O2. The highest BCUT2D eigenvalue weighted by atomic mass is 19.1. The zero-order chi connectivity index (χ0) is 13.0. The molecule has 0 spiro atoms. The average molecular weight is 252 g/mol. The summed E-state index contributed by atoms with van der Waals surface area (Å²) in [5, 5.41) is 2.84. The molecule has 1 aromatic carbocycles. The minimum atomic E-state index is -0.444. The maximum Gasteiger partial charge on any atom is 0.223 e. The maximum atomic E-state index is 13.5. The predicted molar refractivity (Wildman–Crippen MR) is 65.6 cm³/mol. The van der Waals surface area contributed by atoms with Gasteiger partial charge in [-0.15, -0.1) is 0 Å². The first kappa shape index (κ1) is 12.8. The fraction of sp³-hybridized carbons (Fsp3) is 0.462. The van der Waals surface area contributed by atoms with E-state index in [0.29, 0.717) is 18.2 Å². The van der Waals surface area contributed by atoms with E-state index >= 15 is 0 Å². The van der Waals surface area contributed by atoms with E-state index in [1.165, 1.54) is 12.1 Å². The number of hydrogen-bond donors (Lipinski definition) is 2. The zero-order valence-corrected chi connectivity index (χ0v) is 10.1. The molecule has 1 fully saturated rings. The van der Waals surface area contributed by atoms with Crippen LogP contribution < -0.4 is 15.8 Å². The van der Waals surface area contributed by atoms with Crippen LogP contribution >= 0.6 is 0 Å². The zero-order valence-electron chi connectivity index (χ0n) is 10.1. The smallest absolute Gasteiger partial charge is 0.223 e. The van der Waals surface area contributed by atoms with E-state index in [9.17, 15) is 9.18 Å². The van der Waals surface area contributed by atoms with Crippen LogP contribution in [0.3, 0.4) is 0 Å². The molecule has 1 saturated carbocycles. The van der Waals surface area contributed by atoms with Crippen molar-refractivity contribution in [1.29, 1.82) is 0 Å². The van der Waals surface area contributed by atoms with Crippen molar-refractivity contribution in [2.45, 2.75) is 31.8 Å². The van der Waals surface area contributed by atoms with E-state index in [-0.39, 0.29) is 24.7 Å². The molecule has 0 saturated heterocycles. The van der Waals surface area contributed by atoms with Crippen LogP contribution in [0.5, 0.6) is 5.75 Å². The Bertz CT molecular complexity index is 433. The Morgan fingerprint density at radius 1 is 1.50 bits per heavy atom. The lowest BCUT2D eigenvalue weighted by atomic mass is 10.2. The highest BCUT2D eigenvalue weighted by Crippen LogP contribution is 2.19. The van der Waals surface area contributed by atoms with Crippen molar-refractivity contribution in [3.63, 3.8) is 0 Å². The summed E-state index contributed by atoms with van der Waals surface area (Å²) in [6.07, 6.45) is 2.36. The number of carbonyl (C=O) groups excluding carboxylic acids is 1. The van der Waals surface area contributed by atoms with Gasteiger partial charge in [-0.1, -0.05) is 6.07 Å². The highest BCUT2D eigenvalue weighted by Gasteiger charge is 2.22. The number of halogens is 1. The van der Waals surface area contributed by atoms with Crippen LogP contribution in [0.4, 0.5) is 4.39 Å². The van der Waals surface area contributed by atoms with Crippen molar-refractivity contribution in [3.05, 3.63) is 29.6 Å². The quantitative estimate of drug-likeness (QED) is 0.802. The van der Waals surface area contributed by atoms with Gasteiger partial charge in [-0.05, 0) is 30.5 Å². The third kappa shape index (κ3) is 3.70. The number of benzene rings is 1. The van der Waals surface area contributed by atoms with Crippen LogP contribution in [0.25, 0.3) is 0 Å². The molecule has 0 aromatic heterocycles. The molecule has 5 heteroatoms. The minimum absolute atomic E-state index is 0.0449. The van der Waals surface area contributed by atoms with Crippen LogP contribution in [0.2, 0.25) is 0 Å². The Hall–Kier alpha value is -1.62. The Morgan fingerprint density at radius 3 is 2.89 bits per heavy atom. The van der Waals surface area contributed by atoms with Crippen molar-refractivity contribution in [2.75, 3.05) is 6.61 Å². The van der Waals surface area contributed by atoms with Gasteiger partial charge >= 0.3 is 0 Å². The lowest BCUT2D eigenvalue weighted by molar-refractivity contribution is -0.121. The largest absolute Gasteiger partial charge is 0.490 e. The lowest BCUT2D eigenvalue weighted by Gasteiger charge is -2.08. The Morgan fingerprint density at radius 2 is 2.28 bits per heavy atom. The van der Waals surface area contributed by atoms with Gasteiger partial charge in [-0.2, -0.15) is 0 Å². The fourth-order valence-electron chi connectivity index (χ4n) is 1.57. The molecule has 1 aliphatic carbocycles. The van der Waals surface area contributed by atoms with Crippen molar-refractivity contribution in [1.82, 2.24) is 5.32 Å². The molecule has 0 atom stereocenters. The molecule has 0 bridgehead atoms. The standard InChI is InChI=1S/C13H17FN2O2/c14-11-7-9(8-15)1-4-12(11)18-6-5-13(17)16-10-2-3-10/h1,4,7,10H,2-3,5-6,8,15H2,(H,16,17). The van der Waals surface area contributed by atoms with Crippen LogP contribution in [-0.2, 0) is 11.3 Å². The second-order valence-electron chi connectivity index (χ2n) is 4.41. The van der Waals surface area contributed by atoms with E-state index in [2.05, 4.69) is 5.32 Å². The Labute approximate surface area is 105 Å². The number of nitrogens with two attached hydrogens (primary N) is 1. The molecule has 1 aliphatic rings. The van der Waals surface area contributed by atoms with Crippen LogP contribution in [-0.4, -0.2) is 18.6 Å². The van der Waals surface area contributed by atoms with Crippen molar-refractivity contribution in [3.8, 4) is 5.75 Å². The van der Waals surface area contributed by atoms with Gasteiger partial charge < -0.3 is 15.8 Å². The van der Waals surface area contributed by atoms with Crippen LogP contribution in [0, 0.1) is 5.82 Å². The molecule has 0 unspecified atom stereocenters. The normalized spacial score (nSPS) is 14.3. The fourth-order valence-corrected chi connectivity index (χ4v) is 1.57. The molecule has 4 nitrogen and oxygen atoms in total. The summed E-state index contributed by atoms with van der Waals surface area (Å²) in [6, 6.07) is 4.94. The summed E-state index contributed by atoms with van der Waals surface area (Å²) >= 11 is 0. The minimum Gasteiger partial charge on any atom is -0.490 e. The number of hydrogen-bond acceptors (Lipinski definition) is 3. The summed E-state index contributed by atoms with van der Waals surface area (Å²) in [5.74, 6) is -0.330. The molecule has 2 rings (SSSR count). The Kier molecular flexibility index (Phi) is 4.15. The van der Waals surface area contributed by atoms with Gasteiger partial charge in [0.2, 0.25) is 5.91 Å². The number of nitrogens with one attached hydrogen (secondary N) is 1. The topological polar surface area (TPSA) is 64.3 Å². The molecular weight excluding hydrogens is 235 g/mol. The van der Waals surface area contributed by atoms with Gasteiger partial charge in [0, 0.05) is 12.6 Å². The van der Waals surface area contributed by atoms with Gasteiger partial charge in [-0.25, -0.2) is 4.39 Å². The van der Waals surface area contributed by atoms with Crippen molar-refractivity contribution in [2.24, 2.45) is 5.73 Å². The summed E-state index contributed by atoms with van der Waals surface area (Å²) in [7, 11) is 0. The molecule has 1 aromatic rings. The van der Waals surface area contributed by atoms with Gasteiger partial charge in [0.25, 0.3) is 0 Å². The van der Waals surface area contributed by atoms with E-state index < -0.39 is 5.82 Å². The molecule has 0 aliphatic heterocycles. The molecule has 1 amide bonds. The first-order valence-electron chi connectivity index (χ1n) is 6.09. The van der Waals surface area contributed by atoms with Gasteiger partial charge in [0.05, 0.1) is 13.0 Å². The van der Waals surface area contributed by atoms with E-state index in [0.717, 1.165) is 12.8 Å². The summed E-state index contributed by atoms with van der Waals surface area (Å²) in [4.78, 5) is 11.4. The van der Waals surface area contributed by atoms with Crippen LogP contribution in [0.1, 0.15) is 24.8 Å². The third-order valence-corrected chi connectivity index (χ3v) is 2.76. The number of ether oxygens (including phenoxy) is 1. The molecule has 18 heavy (non-hydrogen) atoms. The van der Waals surface area contributed by atoms with E-state index in [4.69, 9.17) is 10.5 Å². The predicted octanol–water partition coefficient (Wildman–Crippen LogP) is 1.33. The van der Waals surface area contributed by atoms with Gasteiger partial charge in [0.15, 0.2) is 11.6 Å². The number of amides is 1. The molecule has 3 N–H and O–H groups in total. The summed E-state index contributed by atoms with van der Waals surface area (Å²) in [6.45, 7) is 0.471. The van der Waals surface area contributed by atoms with E-state index in [1.54, 1.807) is 6.07 Å². The van der Waals surface area contributed by atoms with E-state index in [1.807, 2.05) is 0 Å². The second-order valence-corrected chi connectivity index (χ2v) is 4.41. The highest BCUT2D eigenvalue weighted by molar-refractivity contribution is 5.76. The Balaban J connectivity index is 1.76. The van der Waals surface area contributed by atoms with Crippen molar-refractivity contribution >= 4 is 5.91 Å². The molecule has 0 heterocycles. The molecule has 98 valence electrons. The first-order chi connectivity index (χ1) is 8.69. The number of rotatable bonds is 6. The lowest BCUT2D eigenvalue weighted by Crippen LogP contribution is -2.26. The summed E-state index contributed by atoms with van der Waals surface area (Å²) < 4.78 is 18.7. The maximum absolute atomic E-state index is 13.5. The van der Waals surface area contributed by atoms with Crippen molar-refractivity contribution < 1.29 is 13.9 Å². The average Bonchev–Trinajstić information content (AvgIpc) is 3.15.